The van der Waals surface area contributed by atoms with E-state index < -0.39 is 0 Å². The van der Waals surface area contributed by atoms with Crippen LogP contribution in [0.4, 0.5) is 0 Å². The molecule has 1 saturated carbocycles. The Bertz CT molecular complexity index is 958. The zero-order chi connectivity index (χ0) is 19.0. The number of benzene rings is 1. The number of fused-ring (bicyclic) bond motifs is 1. The van der Waals surface area contributed by atoms with E-state index in [-0.39, 0.29) is 24.0 Å². The molecule has 3 aromatic rings. The molecule has 140 valence electrons. The first kappa shape index (κ1) is 17.5. The van der Waals surface area contributed by atoms with Crippen molar-refractivity contribution in [3.63, 3.8) is 0 Å². The number of methoxy groups -OCH3 is 1. The summed E-state index contributed by atoms with van der Waals surface area (Å²) >= 11 is 0. The molecule has 0 bridgehead atoms. The third-order valence-electron chi connectivity index (χ3n) is 5.26. The van der Waals surface area contributed by atoms with Crippen LogP contribution in [0.5, 0.6) is 5.88 Å². The summed E-state index contributed by atoms with van der Waals surface area (Å²) in [5.41, 5.74) is 3.53. The van der Waals surface area contributed by atoms with E-state index >= 15 is 0 Å². The first-order valence-electron chi connectivity index (χ1n) is 9.11. The number of aromatic nitrogens is 2. The zero-order valence-corrected chi connectivity index (χ0v) is 15.4. The minimum Gasteiger partial charge on any atom is -0.481 e. The Kier molecular flexibility index (Phi) is 4.58. The van der Waals surface area contributed by atoms with Gasteiger partial charge >= 0.3 is 0 Å². The van der Waals surface area contributed by atoms with Crippen LogP contribution < -0.4 is 10.1 Å². The second kappa shape index (κ2) is 7.04. The van der Waals surface area contributed by atoms with Crippen LogP contribution in [-0.2, 0) is 0 Å². The topological polar surface area (TPSA) is 87.2 Å². The average molecular weight is 365 g/mol. The number of nitrogens with zero attached hydrogens (tertiary/aromatic N) is 1. The molecule has 1 aliphatic carbocycles. The lowest BCUT2D eigenvalue weighted by atomic mass is 9.75. The number of rotatable bonds is 5. The summed E-state index contributed by atoms with van der Waals surface area (Å²) in [4.78, 5) is 20.3. The van der Waals surface area contributed by atoms with Gasteiger partial charge in [-0.05, 0) is 49.4 Å². The number of carbonyl (C=O) groups is 1. The summed E-state index contributed by atoms with van der Waals surface area (Å²) < 4.78 is 5.12. The number of H-pyrrole nitrogens is 1. The van der Waals surface area contributed by atoms with Crippen LogP contribution in [-0.4, -0.2) is 34.2 Å². The van der Waals surface area contributed by atoms with Crippen LogP contribution in [0.3, 0.4) is 0 Å². The van der Waals surface area contributed by atoms with Gasteiger partial charge in [0.05, 0.1) is 19.3 Å². The van der Waals surface area contributed by atoms with Crippen LogP contribution >= 0.6 is 0 Å². The van der Waals surface area contributed by atoms with Gasteiger partial charge in [-0.25, -0.2) is 4.98 Å². The minimum absolute atomic E-state index is 0.161. The second-order valence-electron chi connectivity index (χ2n) is 7.24. The maximum Gasteiger partial charge on any atom is 0.268 e. The largest absolute Gasteiger partial charge is 0.481 e. The van der Waals surface area contributed by atoms with E-state index in [4.69, 9.17) is 4.74 Å². The van der Waals surface area contributed by atoms with Gasteiger partial charge in [-0.3, -0.25) is 4.79 Å². The van der Waals surface area contributed by atoms with Crippen LogP contribution in [0.15, 0.2) is 42.6 Å². The SMILES string of the molecule is COc1ccc([C@H](NC(=O)c2cc3cc(C)ccc3[nH]2)C2CC(O)C2)cn1. The number of nitrogens with one attached hydrogen (secondary N) is 2. The van der Waals surface area contributed by atoms with Gasteiger partial charge in [0, 0.05) is 23.2 Å². The third-order valence-corrected chi connectivity index (χ3v) is 5.26. The van der Waals surface area contributed by atoms with Crippen molar-refractivity contribution in [1.82, 2.24) is 15.3 Å². The number of hydrogen-bond donors (Lipinski definition) is 3. The Balaban J connectivity index is 1.58. The highest BCUT2D eigenvalue weighted by Gasteiger charge is 2.36. The Labute approximate surface area is 157 Å². The molecule has 0 unspecified atom stereocenters. The van der Waals surface area contributed by atoms with Crippen LogP contribution in [0.25, 0.3) is 10.9 Å². The molecular formula is C21H23N3O3. The van der Waals surface area contributed by atoms with Gasteiger partial charge < -0.3 is 20.1 Å². The maximum atomic E-state index is 12.9. The molecule has 0 spiro atoms. The molecule has 1 atom stereocenters. The molecule has 27 heavy (non-hydrogen) atoms. The van der Waals surface area contributed by atoms with Gasteiger partial charge in [0.25, 0.3) is 5.91 Å². The fourth-order valence-corrected chi connectivity index (χ4v) is 3.67. The molecule has 1 amide bonds. The van der Waals surface area contributed by atoms with Crippen LogP contribution in [0.1, 0.15) is 40.5 Å². The lowest BCUT2D eigenvalue weighted by Gasteiger charge is -2.38. The smallest absolute Gasteiger partial charge is 0.268 e. The van der Waals surface area contributed by atoms with Gasteiger partial charge in [0.1, 0.15) is 5.69 Å². The molecule has 0 saturated heterocycles. The summed E-state index contributed by atoms with van der Waals surface area (Å²) in [7, 11) is 1.57. The lowest BCUT2D eigenvalue weighted by Crippen LogP contribution is -2.41. The Hall–Kier alpha value is -2.86. The molecule has 2 aromatic heterocycles. The van der Waals surface area contributed by atoms with Crippen molar-refractivity contribution in [2.24, 2.45) is 5.92 Å². The number of amides is 1. The molecule has 6 heteroatoms. The van der Waals surface area contributed by atoms with Gasteiger partial charge in [-0.2, -0.15) is 0 Å². The number of pyridine rings is 1. The maximum absolute atomic E-state index is 12.9. The summed E-state index contributed by atoms with van der Waals surface area (Å²) in [5, 5.41) is 13.9. The summed E-state index contributed by atoms with van der Waals surface area (Å²) in [5.74, 6) is 0.556. The fourth-order valence-electron chi connectivity index (χ4n) is 3.67. The first-order chi connectivity index (χ1) is 13.0. The van der Waals surface area contributed by atoms with E-state index in [0.717, 1.165) is 22.0 Å². The molecule has 1 aliphatic rings. The summed E-state index contributed by atoms with van der Waals surface area (Å²) in [6.45, 7) is 2.03. The number of ether oxygens (including phenoxy) is 1. The highest BCUT2D eigenvalue weighted by atomic mass is 16.5. The standard InChI is InChI=1S/C21H23N3O3/c1-12-3-5-17-14(7-12)10-18(23-17)21(26)24-20(15-8-16(25)9-15)13-4-6-19(27-2)22-11-13/h3-7,10-11,15-16,20,23,25H,8-9H2,1-2H3,(H,24,26)/t15?,16?,20-/m0/s1. The molecule has 0 radical (unpaired) electrons. The molecule has 0 aliphatic heterocycles. The normalized spacial score (nSPS) is 20.1. The van der Waals surface area contributed by atoms with Crippen molar-refractivity contribution in [3.05, 3.63) is 59.4 Å². The first-order valence-corrected chi connectivity index (χ1v) is 9.11. The molecule has 6 nitrogen and oxygen atoms in total. The van der Waals surface area contributed by atoms with E-state index in [9.17, 15) is 9.90 Å². The second-order valence-corrected chi connectivity index (χ2v) is 7.24. The molecule has 1 aromatic carbocycles. The molecule has 1 fully saturated rings. The van der Waals surface area contributed by atoms with Crippen molar-refractivity contribution in [2.45, 2.75) is 31.9 Å². The van der Waals surface area contributed by atoms with Crippen molar-refractivity contribution in [1.29, 1.82) is 0 Å². The quantitative estimate of drug-likeness (QED) is 0.648. The van der Waals surface area contributed by atoms with Crippen molar-refractivity contribution >= 4 is 16.8 Å². The highest BCUT2D eigenvalue weighted by Crippen LogP contribution is 2.38. The zero-order valence-electron chi connectivity index (χ0n) is 15.4. The number of aliphatic hydroxyl groups is 1. The Morgan fingerprint density at radius 3 is 2.78 bits per heavy atom. The van der Waals surface area contributed by atoms with Gasteiger partial charge in [0.15, 0.2) is 0 Å². The Morgan fingerprint density at radius 2 is 2.11 bits per heavy atom. The van der Waals surface area contributed by atoms with Gasteiger partial charge in [0.2, 0.25) is 5.88 Å². The summed E-state index contributed by atoms with van der Waals surface area (Å²) in [6, 6.07) is 11.4. The third kappa shape index (κ3) is 3.53. The van der Waals surface area contributed by atoms with E-state index in [1.807, 2.05) is 31.2 Å². The number of aromatic amines is 1. The lowest BCUT2D eigenvalue weighted by molar-refractivity contribution is 0.0234. The van der Waals surface area contributed by atoms with Crippen LogP contribution in [0.2, 0.25) is 0 Å². The van der Waals surface area contributed by atoms with Crippen LogP contribution in [0, 0.1) is 12.8 Å². The minimum atomic E-state index is -0.295. The van der Waals surface area contributed by atoms with E-state index in [2.05, 4.69) is 21.4 Å². The number of aryl methyl sites for hydroxylation is 1. The molecular weight excluding hydrogens is 342 g/mol. The van der Waals surface area contributed by atoms with Crippen molar-refractivity contribution < 1.29 is 14.6 Å². The summed E-state index contributed by atoms with van der Waals surface area (Å²) in [6.07, 6.45) is 2.77. The molecule has 3 N–H and O–H groups in total. The fraction of sp³-hybridized carbons (Fsp3) is 0.333. The molecule has 2 heterocycles. The predicted octanol–water partition coefficient (Wildman–Crippen LogP) is 3.12. The Morgan fingerprint density at radius 1 is 1.30 bits per heavy atom. The van der Waals surface area contributed by atoms with Gasteiger partial charge in [-0.1, -0.05) is 17.7 Å². The number of aliphatic hydroxyl groups excluding tert-OH is 1. The predicted molar refractivity (Wildman–Crippen MR) is 103 cm³/mol. The number of hydrogen-bond acceptors (Lipinski definition) is 4. The molecule has 4 rings (SSSR count). The van der Waals surface area contributed by atoms with Crippen molar-refractivity contribution in [2.75, 3.05) is 7.11 Å². The highest BCUT2D eigenvalue weighted by molar-refractivity contribution is 5.98. The van der Waals surface area contributed by atoms with Gasteiger partial charge in [-0.15, -0.1) is 0 Å². The van der Waals surface area contributed by atoms with E-state index in [0.29, 0.717) is 24.4 Å². The van der Waals surface area contributed by atoms with E-state index in [1.54, 1.807) is 19.4 Å². The van der Waals surface area contributed by atoms with E-state index in [1.165, 1.54) is 0 Å². The van der Waals surface area contributed by atoms with Crippen molar-refractivity contribution in [3.8, 4) is 5.88 Å². The average Bonchev–Trinajstić information content (AvgIpc) is 3.07. The monoisotopic (exact) mass is 365 g/mol. The number of carbonyl (C=O) groups excluding carboxylic acids is 1.